The Morgan fingerprint density at radius 3 is 2.62 bits per heavy atom. The molecule has 21 heavy (non-hydrogen) atoms. The van der Waals surface area contributed by atoms with Crippen LogP contribution in [0, 0.1) is 0 Å². The number of carbonyl (C=O) groups is 2. The minimum atomic E-state index is -0.469. The Kier molecular flexibility index (Phi) is 7.43. The maximum Gasteiger partial charge on any atom is 0.242 e. The molecule has 0 saturated carbocycles. The van der Waals surface area contributed by atoms with Crippen molar-refractivity contribution in [3.05, 3.63) is 34.3 Å². The summed E-state index contributed by atoms with van der Waals surface area (Å²) in [5.74, 6) is -0.104. The van der Waals surface area contributed by atoms with E-state index in [0.29, 0.717) is 19.5 Å². The van der Waals surface area contributed by atoms with Crippen molar-refractivity contribution in [3.63, 3.8) is 0 Å². The summed E-state index contributed by atoms with van der Waals surface area (Å²) < 4.78 is 0.966. The second-order valence-electron chi connectivity index (χ2n) is 4.97. The number of hydrogen-bond acceptors (Lipinski definition) is 2. The van der Waals surface area contributed by atoms with E-state index >= 15 is 0 Å². The number of nitrogens with one attached hydrogen (secondary N) is 1. The molecule has 2 amide bonds. The van der Waals surface area contributed by atoms with E-state index in [1.807, 2.05) is 38.1 Å². The first-order chi connectivity index (χ1) is 9.99. The topological polar surface area (TPSA) is 49.4 Å². The van der Waals surface area contributed by atoms with Gasteiger partial charge in [-0.1, -0.05) is 35.0 Å². The summed E-state index contributed by atoms with van der Waals surface area (Å²) in [6.45, 7) is 6.62. The molecule has 0 spiro atoms. The molecule has 1 aromatic rings. The third-order valence-corrected chi connectivity index (χ3v) is 3.72. The number of benzene rings is 1. The first-order valence-corrected chi connectivity index (χ1v) is 8.10. The number of amides is 2. The third-order valence-electron chi connectivity index (χ3n) is 3.22. The second kappa shape index (κ2) is 8.82. The van der Waals surface area contributed by atoms with E-state index < -0.39 is 6.04 Å². The molecular formula is C16H23BrN2O2. The highest BCUT2D eigenvalue weighted by Gasteiger charge is 2.25. The predicted molar refractivity (Wildman–Crippen MR) is 87.7 cm³/mol. The number of nitrogens with zero attached hydrogens (tertiary/aromatic N) is 1. The van der Waals surface area contributed by atoms with Gasteiger partial charge in [0, 0.05) is 24.0 Å². The van der Waals surface area contributed by atoms with E-state index in [9.17, 15) is 9.59 Å². The molecule has 0 aliphatic carbocycles. The van der Waals surface area contributed by atoms with Gasteiger partial charge < -0.3 is 10.2 Å². The fourth-order valence-electron chi connectivity index (χ4n) is 2.09. The second-order valence-corrected chi connectivity index (χ2v) is 5.89. The molecule has 0 saturated heterocycles. The first kappa shape index (κ1) is 17.7. The van der Waals surface area contributed by atoms with Crippen molar-refractivity contribution in [2.45, 2.75) is 46.2 Å². The molecule has 0 unspecified atom stereocenters. The number of carbonyl (C=O) groups excluding carboxylic acids is 2. The minimum Gasteiger partial charge on any atom is -0.355 e. The van der Waals surface area contributed by atoms with E-state index in [-0.39, 0.29) is 11.8 Å². The molecule has 0 bridgehead atoms. The maximum atomic E-state index is 12.3. The Bertz CT molecular complexity index is 491. The molecule has 4 nitrogen and oxygen atoms in total. The van der Waals surface area contributed by atoms with Crippen LogP contribution in [0.25, 0.3) is 0 Å². The van der Waals surface area contributed by atoms with E-state index in [2.05, 4.69) is 21.2 Å². The van der Waals surface area contributed by atoms with Gasteiger partial charge in [-0.2, -0.15) is 0 Å². The van der Waals surface area contributed by atoms with Gasteiger partial charge in [-0.05, 0) is 38.0 Å². The lowest BCUT2D eigenvalue weighted by Crippen LogP contribution is -2.47. The third kappa shape index (κ3) is 5.50. The molecule has 0 fully saturated rings. The zero-order valence-electron chi connectivity index (χ0n) is 12.9. The lowest BCUT2D eigenvalue weighted by Gasteiger charge is -2.28. The van der Waals surface area contributed by atoms with Gasteiger partial charge in [0.1, 0.15) is 6.04 Å². The number of likely N-dealkylation sites (N-methyl/N-ethyl adjacent to an activating group) is 1. The molecule has 1 rings (SSSR count). The van der Waals surface area contributed by atoms with Crippen LogP contribution in [-0.2, 0) is 16.1 Å². The van der Waals surface area contributed by atoms with Gasteiger partial charge in [0.2, 0.25) is 11.8 Å². The zero-order valence-corrected chi connectivity index (χ0v) is 14.4. The zero-order chi connectivity index (χ0) is 15.8. The van der Waals surface area contributed by atoms with E-state index in [0.717, 1.165) is 16.5 Å². The quantitative estimate of drug-likeness (QED) is 0.817. The molecule has 0 aliphatic rings. The summed E-state index contributed by atoms with van der Waals surface area (Å²) in [6, 6.07) is 7.33. The van der Waals surface area contributed by atoms with Crippen LogP contribution >= 0.6 is 15.9 Å². The Balaban J connectivity index is 2.91. The molecule has 1 N–H and O–H groups in total. The van der Waals surface area contributed by atoms with Crippen LogP contribution in [0.15, 0.2) is 28.7 Å². The molecular weight excluding hydrogens is 332 g/mol. The van der Waals surface area contributed by atoms with E-state index in [4.69, 9.17) is 0 Å². The van der Waals surface area contributed by atoms with Gasteiger partial charge in [-0.15, -0.1) is 0 Å². The van der Waals surface area contributed by atoms with E-state index in [1.165, 1.54) is 0 Å². The van der Waals surface area contributed by atoms with Crippen molar-refractivity contribution in [2.75, 3.05) is 6.54 Å². The van der Waals surface area contributed by atoms with Crippen LogP contribution in [0.4, 0.5) is 0 Å². The normalized spacial score (nSPS) is 11.8. The highest BCUT2D eigenvalue weighted by atomic mass is 79.9. The molecule has 0 heterocycles. The molecule has 0 aliphatic heterocycles. The summed E-state index contributed by atoms with van der Waals surface area (Å²) in [7, 11) is 0. The van der Waals surface area contributed by atoms with E-state index in [1.54, 1.807) is 11.8 Å². The van der Waals surface area contributed by atoms with Crippen molar-refractivity contribution >= 4 is 27.7 Å². The van der Waals surface area contributed by atoms with Crippen LogP contribution in [0.1, 0.15) is 39.2 Å². The van der Waals surface area contributed by atoms with Gasteiger partial charge in [0.25, 0.3) is 0 Å². The van der Waals surface area contributed by atoms with Crippen LogP contribution in [0.5, 0.6) is 0 Å². The molecule has 1 atom stereocenters. The van der Waals surface area contributed by atoms with Crippen molar-refractivity contribution < 1.29 is 9.59 Å². The molecule has 0 radical (unpaired) electrons. The lowest BCUT2D eigenvalue weighted by atomic mass is 10.1. The number of halogens is 1. The molecule has 1 aromatic carbocycles. The smallest absolute Gasteiger partial charge is 0.242 e. The minimum absolute atomic E-state index is 0.0104. The summed E-state index contributed by atoms with van der Waals surface area (Å²) in [5.41, 5.74) is 1.00. The molecule has 116 valence electrons. The fraction of sp³-hybridized carbons (Fsp3) is 0.500. The summed E-state index contributed by atoms with van der Waals surface area (Å²) in [4.78, 5) is 26.0. The van der Waals surface area contributed by atoms with Crippen LogP contribution in [0.3, 0.4) is 0 Å². The summed E-state index contributed by atoms with van der Waals surface area (Å²) in [6.07, 6.45) is 1.23. The Labute approximate surface area is 135 Å². The highest BCUT2D eigenvalue weighted by Crippen LogP contribution is 2.16. The van der Waals surface area contributed by atoms with Gasteiger partial charge in [-0.3, -0.25) is 9.59 Å². The fourth-order valence-corrected chi connectivity index (χ4v) is 2.54. The highest BCUT2D eigenvalue weighted by molar-refractivity contribution is 9.10. The Morgan fingerprint density at radius 1 is 1.33 bits per heavy atom. The summed E-state index contributed by atoms with van der Waals surface area (Å²) in [5, 5.41) is 2.78. The Morgan fingerprint density at radius 2 is 2.05 bits per heavy atom. The van der Waals surface area contributed by atoms with Crippen LogP contribution < -0.4 is 5.32 Å². The van der Waals surface area contributed by atoms with Crippen molar-refractivity contribution in [1.29, 1.82) is 0 Å². The van der Waals surface area contributed by atoms with Gasteiger partial charge >= 0.3 is 0 Å². The summed E-state index contributed by atoms with van der Waals surface area (Å²) >= 11 is 3.43. The molecule has 5 heteroatoms. The number of rotatable bonds is 7. The van der Waals surface area contributed by atoms with Gasteiger partial charge in [0.15, 0.2) is 0 Å². The largest absolute Gasteiger partial charge is 0.355 e. The van der Waals surface area contributed by atoms with Crippen LogP contribution in [0.2, 0.25) is 0 Å². The number of hydrogen-bond donors (Lipinski definition) is 1. The van der Waals surface area contributed by atoms with Gasteiger partial charge in [-0.25, -0.2) is 0 Å². The molecule has 0 aromatic heterocycles. The monoisotopic (exact) mass is 354 g/mol. The average Bonchev–Trinajstić information content (AvgIpc) is 2.44. The van der Waals surface area contributed by atoms with Gasteiger partial charge in [0.05, 0.1) is 0 Å². The maximum absolute atomic E-state index is 12.3. The lowest BCUT2D eigenvalue weighted by molar-refractivity contribution is -0.140. The Hall–Kier alpha value is -1.36. The first-order valence-electron chi connectivity index (χ1n) is 7.31. The average molecular weight is 355 g/mol. The standard InChI is InChI=1S/C16H23BrN2O2/c1-4-7-15(20)19(12(3)16(21)18-5-2)11-13-8-6-9-14(17)10-13/h6,8-10,12H,4-5,7,11H2,1-3H3,(H,18,21)/t12-/m0/s1. The SMILES string of the molecule is CCCC(=O)N(Cc1cccc(Br)c1)[C@@H](C)C(=O)NCC. The van der Waals surface area contributed by atoms with Crippen molar-refractivity contribution in [3.8, 4) is 0 Å². The van der Waals surface area contributed by atoms with Crippen molar-refractivity contribution in [2.24, 2.45) is 0 Å². The van der Waals surface area contributed by atoms with Crippen molar-refractivity contribution in [1.82, 2.24) is 10.2 Å². The predicted octanol–water partition coefficient (Wildman–Crippen LogP) is 3.10. The van der Waals surface area contributed by atoms with Crippen LogP contribution in [-0.4, -0.2) is 29.3 Å².